The lowest BCUT2D eigenvalue weighted by atomic mass is 10.0. The van der Waals surface area contributed by atoms with Gasteiger partial charge in [-0.05, 0) is 55.0 Å². The number of nitrogens with one attached hydrogen (secondary N) is 2. The molecule has 3 rings (SSSR count). The monoisotopic (exact) mass is 445 g/mol. The molecule has 2 N–H and O–H groups in total. The van der Waals surface area contributed by atoms with Crippen molar-refractivity contribution in [3.8, 4) is 0 Å². The van der Waals surface area contributed by atoms with Crippen LogP contribution in [0.1, 0.15) is 56.8 Å². The maximum Gasteiger partial charge on any atom is 0.271 e. The number of nitro groups is 1. The molecule has 0 heterocycles. The minimum Gasteiger partial charge on any atom is -0.321 e. The van der Waals surface area contributed by atoms with Gasteiger partial charge in [-0.1, -0.05) is 50.2 Å². The summed E-state index contributed by atoms with van der Waals surface area (Å²) in [5.41, 5.74) is 4.80. The predicted molar refractivity (Wildman–Crippen MR) is 130 cm³/mol. The Labute approximate surface area is 193 Å². The highest BCUT2D eigenvalue weighted by atomic mass is 16.6. The number of non-ortho nitro benzene ring substituents is 1. The Balaban J connectivity index is 1.97. The van der Waals surface area contributed by atoms with E-state index in [1.165, 1.54) is 18.2 Å². The van der Waals surface area contributed by atoms with Crippen molar-refractivity contribution in [1.29, 1.82) is 0 Å². The fraction of sp³-hybridized carbons (Fsp3) is 0.231. The Morgan fingerprint density at radius 1 is 0.788 bits per heavy atom. The van der Waals surface area contributed by atoms with Crippen LogP contribution >= 0.6 is 0 Å². The molecular formula is C26H27N3O4. The van der Waals surface area contributed by atoms with Crippen LogP contribution in [0.15, 0.2) is 54.6 Å². The zero-order valence-electron chi connectivity index (χ0n) is 19.2. The van der Waals surface area contributed by atoms with E-state index in [9.17, 15) is 19.7 Å². The molecule has 0 aliphatic carbocycles. The number of para-hydroxylation sites is 2. The van der Waals surface area contributed by atoms with Crippen molar-refractivity contribution in [2.24, 2.45) is 0 Å². The molecule has 3 aromatic rings. The highest BCUT2D eigenvalue weighted by Crippen LogP contribution is 2.25. The molecule has 0 radical (unpaired) electrons. The molecule has 7 heteroatoms. The Bertz CT molecular complexity index is 1150. The molecule has 0 bridgehead atoms. The van der Waals surface area contributed by atoms with Gasteiger partial charge < -0.3 is 10.6 Å². The summed E-state index contributed by atoms with van der Waals surface area (Å²) in [5, 5.41) is 17.2. The van der Waals surface area contributed by atoms with Crippen molar-refractivity contribution in [3.05, 3.63) is 98.1 Å². The third-order valence-corrected chi connectivity index (χ3v) is 5.61. The second-order valence-corrected chi connectivity index (χ2v) is 7.86. The molecule has 0 saturated heterocycles. The van der Waals surface area contributed by atoms with E-state index >= 15 is 0 Å². The summed E-state index contributed by atoms with van der Waals surface area (Å²) in [6.07, 6.45) is 1.44. The first kappa shape index (κ1) is 23.7. The fourth-order valence-corrected chi connectivity index (χ4v) is 3.75. The topological polar surface area (TPSA) is 101 Å². The SMILES string of the molecule is CCc1cccc(C)c1NC(=O)c1cc(C(=O)Nc2c(C)cccc2CC)cc([N+](=O)[O-])c1. The van der Waals surface area contributed by atoms with Gasteiger partial charge in [-0.2, -0.15) is 0 Å². The lowest BCUT2D eigenvalue weighted by Crippen LogP contribution is -2.18. The fourth-order valence-electron chi connectivity index (χ4n) is 3.75. The van der Waals surface area contributed by atoms with E-state index in [2.05, 4.69) is 10.6 Å². The van der Waals surface area contributed by atoms with Crippen molar-refractivity contribution >= 4 is 28.9 Å². The molecule has 0 aliphatic rings. The average molecular weight is 446 g/mol. The van der Waals surface area contributed by atoms with Gasteiger partial charge in [0.25, 0.3) is 17.5 Å². The van der Waals surface area contributed by atoms with E-state index in [1.54, 1.807) is 0 Å². The number of hydrogen-bond acceptors (Lipinski definition) is 4. The zero-order chi connectivity index (χ0) is 24.1. The first-order valence-corrected chi connectivity index (χ1v) is 10.8. The third kappa shape index (κ3) is 5.26. The van der Waals surface area contributed by atoms with E-state index in [1.807, 2.05) is 64.1 Å². The molecule has 0 aliphatic heterocycles. The van der Waals surface area contributed by atoms with Gasteiger partial charge in [-0.25, -0.2) is 0 Å². The summed E-state index contributed by atoms with van der Waals surface area (Å²) in [5.74, 6) is -1.02. The van der Waals surface area contributed by atoms with Gasteiger partial charge in [0, 0.05) is 34.6 Å². The first-order valence-electron chi connectivity index (χ1n) is 10.8. The summed E-state index contributed by atoms with van der Waals surface area (Å²) in [4.78, 5) is 37.0. The second kappa shape index (κ2) is 10.1. The highest BCUT2D eigenvalue weighted by Gasteiger charge is 2.20. The Hall–Kier alpha value is -4.00. The van der Waals surface area contributed by atoms with Crippen LogP contribution < -0.4 is 10.6 Å². The molecule has 33 heavy (non-hydrogen) atoms. The number of nitro benzene ring substituents is 1. The first-order chi connectivity index (χ1) is 15.7. The second-order valence-electron chi connectivity index (χ2n) is 7.86. The van der Waals surface area contributed by atoms with Crippen LogP contribution in [0.2, 0.25) is 0 Å². The molecule has 3 aromatic carbocycles. The van der Waals surface area contributed by atoms with Crippen molar-refractivity contribution in [2.75, 3.05) is 10.6 Å². The minimum absolute atomic E-state index is 0.0418. The molecule has 0 spiro atoms. The number of nitrogens with zero attached hydrogens (tertiary/aromatic N) is 1. The van der Waals surface area contributed by atoms with Gasteiger partial charge in [0.05, 0.1) is 4.92 Å². The largest absolute Gasteiger partial charge is 0.321 e. The third-order valence-electron chi connectivity index (χ3n) is 5.61. The van der Waals surface area contributed by atoms with E-state index in [4.69, 9.17) is 0 Å². The van der Waals surface area contributed by atoms with Gasteiger partial charge in [0.15, 0.2) is 0 Å². The summed E-state index contributed by atoms with van der Waals surface area (Å²) in [7, 11) is 0. The number of carbonyl (C=O) groups excluding carboxylic acids is 2. The minimum atomic E-state index is -0.607. The number of carbonyl (C=O) groups is 2. The van der Waals surface area contributed by atoms with Crippen molar-refractivity contribution in [2.45, 2.75) is 40.5 Å². The summed E-state index contributed by atoms with van der Waals surface area (Å²) in [6.45, 7) is 7.73. The van der Waals surface area contributed by atoms with Crippen LogP contribution in [0.25, 0.3) is 0 Å². The molecule has 2 amide bonds. The van der Waals surface area contributed by atoms with Crippen LogP contribution in [-0.2, 0) is 12.8 Å². The van der Waals surface area contributed by atoms with Gasteiger partial charge in [0.2, 0.25) is 0 Å². The highest BCUT2D eigenvalue weighted by molar-refractivity contribution is 6.10. The van der Waals surface area contributed by atoms with Gasteiger partial charge in [-0.3, -0.25) is 19.7 Å². The number of benzene rings is 3. The Morgan fingerprint density at radius 3 is 1.58 bits per heavy atom. The van der Waals surface area contributed by atoms with Crippen molar-refractivity contribution in [1.82, 2.24) is 0 Å². The number of rotatable bonds is 7. The average Bonchev–Trinajstić information content (AvgIpc) is 2.81. The standard InChI is InChI=1S/C26H27N3O4/c1-5-18-11-7-9-16(3)23(18)27-25(30)20-13-21(15-22(14-20)29(32)33)26(31)28-24-17(4)10-8-12-19(24)6-2/h7-15H,5-6H2,1-4H3,(H,27,30)(H,28,31). The van der Waals surface area contributed by atoms with Crippen LogP contribution in [0, 0.1) is 24.0 Å². The number of aryl methyl sites for hydroxylation is 4. The smallest absolute Gasteiger partial charge is 0.271 e. The molecule has 0 fully saturated rings. The van der Waals surface area contributed by atoms with Crippen molar-refractivity contribution < 1.29 is 14.5 Å². The Morgan fingerprint density at radius 2 is 1.21 bits per heavy atom. The quantitative estimate of drug-likeness (QED) is 0.352. The normalized spacial score (nSPS) is 10.5. The van der Waals surface area contributed by atoms with Crippen LogP contribution in [0.5, 0.6) is 0 Å². The molecule has 7 nitrogen and oxygen atoms in total. The maximum absolute atomic E-state index is 13.0. The number of hydrogen-bond donors (Lipinski definition) is 2. The number of amides is 2. The van der Waals surface area contributed by atoms with Gasteiger partial charge in [-0.15, -0.1) is 0 Å². The van der Waals surface area contributed by atoms with Gasteiger partial charge in [0.1, 0.15) is 0 Å². The zero-order valence-corrected chi connectivity index (χ0v) is 19.2. The van der Waals surface area contributed by atoms with Crippen molar-refractivity contribution in [3.63, 3.8) is 0 Å². The van der Waals surface area contributed by atoms with E-state index in [-0.39, 0.29) is 16.8 Å². The lowest BCUT2D eigenvalue weighted by Gasteiger charge is -2.15. The Kier molecular flexibility index (Phi) is 7.23. The summed E-state index contributed by atoms with van der Waals surface area (Å²) >= 11 is 0. The van der Waals surface area contributed by atoms with Crippen LogP contribution in [0.4, 0.5) is 17.1 Å². The van der Waals surface area contributed by atoms with Crippen LogP contribution in [-0.4, -0.2) is 16.7 Å². The molecule has 0 atom stereocenters. The summed E-state index contributed by atoms with van der Waals surface area (Å²) < 4.78 is 0. The molecular weight excluding hydrogens is 418 g/mol. The summed E-state index contributed by atoms with van der Waals surface area (Å²) in [6, 6.07) is 15.2. The molecule has 0 aromatic heterocycles. The van der Waals surface area contributed by atoms with E-state index in [0.29, 0.717) is 11.4 Å². The van der Waals surface area contributed by atoms with Gasteiger partial charge >= 0.3 is 0 Å². The van der Waals surface area contributed by atoms with Crippen LogP contribution in [0.3, 0.4) is 0 Å². The maximum atomic E-state index is 13.0. The molecule has 0 unspecified atom stereocenters. The molecule has 170 valence electrons. The molecule has 0 saturated carbocycles. The van der Waals surface area contributed by atoms with E-state index in [0.717, 1.165) is 35.1 Å². The number of anilines is 2. The van der Waals surface area contributed by atoms with E-state index < -0.39 is 16.7 Å². The lowest BCUT2D eigenvalue weighted by molar-refractivity contribution is -0.384. The predicted octanol–water partition coefficient (Wildman–Crippen LogP) is 5.84.